The van der Waals surface area contributed by atoms with Crippen molar-refractivity contribution < 1.29 is 46.4 Å². The second-order valence-corrected chi connectivity index (χ2v) is 7.66. The predicted molar refractivity (Wildman–Crippen MR) is 120 cm³/mol. The fraction of sp³-hybridized carbons (Fsp3) is 0.667. The monoisotopic (exact) mass is 463 g/mol. The van der Waals surface area contributed by atoms with Crippen molar-refractivity contribution in [2.24, 2.45) is 5.89 Å². The first-order valence-electron chi connectivity index (χ1n) is 19.1. The first kappa shape index (κ1) is 8.33. The summed E-state index contributed by atoms with van der Waals surface area (Å²) in [6, 6.07) is -3.01. The van der Waals surface area contributed by atoms with Gasteiger partial charge in [-0.25, -0.2) is 17.1 Å². The molecule has 9 heteroatoms. The number of amides is 1. The van der Waals surface area contributed by atoms with Crippen LogP contribution in [0.25, 0.3) is 0 Å². The van der Waals surface area contributed by atoms with E-state index in [4.69, 9.17) is 28.8 Å². The summed E-state index contributed by atoms with van der Waals surface area (Å²) >= 11 is 0. The van der Waals surface area contributed by atoms with Gasteiger partial charge in [-0.2, -0.15) is 0 Å². The second kappa shape index (κ2) is 11.1. The molecule has 1 N–H and O–H groups in total. The van der Waals surface area contributed by atoms with Crippen molar-refractivity contribution in [3.05, 3.63) is 23.9 Å². The Balaban J connectivity index is 2.32. The van der Waals surface area contributed by atoms with Gasteiger partial charge in [-0.1, -0.05) is 13.7 Å². The zero-order valence-electron chi connectivity index (χ0n) is 36.7. The molecule has 0 spiro atoms. The van der Waals surface area contributed by atoms with Gasteiger partial charge in [-0.05, 0) is 43.4 Å². The van der Waals surface area contributed by atoms with Crippen LogP contribution >= 0.6 is 0 Å². The van der Waals surface area contributed by atoms with Crippen LogP contribution in [-0.4, -0.2) is 75.4 Å². The van der Waals surface area contributed by atoms with Gasteiger partial charge in [-0.3, -0.25) is 9.69 Å². The van der Waals surface area contributed by atoms with Gasteiger partial charge in [0.2, 0.25) is 15.9 Å². The molecule has 1 aliphatic rings. The molecular weight excluding hydrogens is 407 g/mol. The van der Waals surface area contributed by atoms with Crippen LogP contribution in [0, 0.1) is 11.7 Å². The highest BCUT2D eigenvalue weighted by molar-refractivity contribution is 7.89. The Morgan fingerprint density at radius 3 is 2.80 bits per heavy atom. The van der Waals surface area contributed by atoms with Crippen molar-refractivity contribution in [1.29, 1.82) is 0 Å². The van der Waals surface area contributed by atoms with Gasteiger partial charge in [-0.15, -0.1) is 0 Å². The Bertz CT molecular complexity index is 1560. The molecule has 170 valence electrons. The van der Waals surface area contributed by atoms with E-state index in [9.17, 15) is 17.6 Å². The molecule has 7 nitrogen and oxygen atoms in total. The molecule has 0 aliphatic carbocycles. The van der Waals surface area contributed by atoms with E-state index < -0.39 is 108 Å². The van der Waals surface area contributed by atoms with Crippen LogP contribution in [0.3, 0.4) is 0 Å². The van der Waals surface area contributed by atoms with Crippen LogP contribution in [0.5, 0.6) is 0 Å². The molecule has 0 bridgehead atoms. The number of sulfonamides is 1. The lowest BCUT2D eigenvalue weighted by molar-refractivity contribution is -0.114. The highest BCUT2D eigenvalue weighted by Crippen LogP contribution is 2.23. The Labute approximate surface area is 209 Å². The number of rotatable bonds is 10. The smallest absolute Gasteiger partial charge is 0.221 e. The van der Waals surface area contributed by atoms with E-state index in [0.717, 1.165) is 0 Å². The summed E-state index contributed by atoms with van der Waals surface area (Å²) in [5.74, 6) is -7.82. The molecule has 2 rings (SSSR count). The van der Waals surface area contributed by atoms with Gasteiger partial charge in [0.25, 0.3) is 0 Å². The molecule has 1 aromatic carbocycles. The summed E-state index contributed by atoms with van der Waals surface area (Å²) < 4.78 is 203. The zero-order chi connectivity index (χ0) is 40.3. The molecular formula is C21H35FN4O3S. The number of nitrogens with zero attached hydrogens (tertiary/aromatic N) is 3. The van der Waals surface area contributed by atoms with Crippen LogP contribution in [0.2, 0.25) is 1.41 Å². The van der Waals surface area contributed by atoms with Crippen LogP contribution < -0.4 is 10.2 Å². The summed E-state index contributed by atoms with van der Waals surface area (Å²) in [4.78, 5) is 15.0. The van der Waals surface area contributed by atoms with Crippen LogP contribution in [0.1, 0.15) is 60.8 Å². The Hall–Kier alpha value is -1.71. The summed E-state index contributed by atoms with van der Waals surface area (Å²) in [6.07, 6.45) is -1.30. The van der Waals surface area contributed by atoms with E-state index in [-0.39, 0.29) is 44.5 Å². The number of piperazine rings is 1. The predicted octanol–water partition coefficient (Wildman–Crippen LogP) is 2.60. The van der Waals surface area contributed by atoms with E-state index in [1.165, 1.54) is 4.90 Å². The maximum atomic E-state index is 14.9. The van der Waals surface area contributed by atoms with Crippen molar-refractivity contribution in [2.75, 3.05) is 62.1 Å². The summed E-state index contributed by atoms with van der Waals surface area (Å²) in [5, 5.41) is -0.307. The average molecular weight is 464 g/mol. The maximum Gasteiger partial charge on any atom is 0.221 e. The van der Waals surface area contributed by atoms with Gasteiger partial charge in [0.15, 0.2) is 1.41 Å². The number of nitrogens with one attached hydrogen (secondary N) is 1. The quantitative estimate of drug-likeness (QED) is 0.577. The van der Waals surface area contributed by atoms with Crippen molar-refractivity contribution >= 4 is 27.3 Å². The lowest BCUT2D eigenvalue weighted by Gasteiger charge is -2.36. The largest absolute Gasteiger partial charge is 0.369 e. The number of hydrogen-bond acceptors (Lipinski definition) is 5. The third-order valence-corrected chi connectivity index (χ3v) is 5.04. The zero-order valence-corrected chi connectivity index (χ0v) is 16.6. The average Bonchev–Trinajstić information content (AvgIpc) is 2.92. The molecule has 0 unspecified atom stereocenters. The minimum Gasteiger partial charge on any atom is -0.369 e. The van der Waals surface area contributed by atoms with Gasteiger partial charge < -0.3 is 10.2 Å². The molecule has 1 aliphatic heterocycles. The van der Waals surface area contributed by atoms with Crippen molar-refractivity contribution in [3.8, 4) is 0 Å². The Kier molecular flexibility index (Phi) is 3.07. The lowest BCUT2D eigenvalue weighted by atomic mass is 10.2. The number of carbonyl (C=O) groups is 1. The van der Waals surface area contributed by atoms with Gasteiger partial charge in [0.1, 0.15) is 5.82 Å². The standard InChI is InChI=1S/C21H35FN4O3S/c1-17(2)16-30(28,29)24(4)7-5-6-8-25-9-11-26(12-10-25)21-14-19(22)13-20(15-21)23-18(3)27/h13-15,17H,5-12,16H2,1-4H3,(H,23,27)/i1D3,2D3,3D3,4D3,7D2,13D,14D,15D,16D2,17D/hD. The first-order valence-corrected chi connectivity index (χ1v) is 10.1. The third-order valence-electron chi connectivity index (χ3n) is 3.97. The van der Waals surface area contributed by atoms with E-state index >= 15 is 0 Å². The van der Waals surface area contributed by atoms with Crippen LogP contribution in [0.15, 0.2) is 18.1 Å². The number of halogens is 1. The van der Waals surface area contributed by atoms with Crippen LogP contribution in [0.4, 0.5) is 15.8 Å². The summed E-state index contributed by atoms with van der Waals surface area (Å²) in [6.45, 7) is -19.4. The molecule has 1 aromatic rings. The van der Waals surface area contributed by atoms with Crippen LogP contribution in [-0.2, 0) is 14.8 Å². The van der Waals surface area contributed by atoms with Gasteiger partial charge in [0, 0.05) is 81.2 Å². The fourth-order valence-electron chi connectivity index (χ4n) is 2.67. The topological polar surface area (TPSA) is 73.0 Å². The molecule has 0 saturated carbocycles. The molecule has 0 radical (unpaired) electrons. The van der Waals surface area contributed by atoms with Crippen molar-refractivity contribution in [3.63, 3.8) is 0 Å². The molecule has 1 fully saturated rings. The normalized spacial score (nSPS) is 29.0. The van der Waals surface area contributed by atoms with Gasteiger partial charge in [0.05, 0.1) is 9.82 Å². The van der Waals surface area contributed by atoms with Crippen molar-refractivity contribution in [1.82, 2.24) is 9.21 Å². The Morgan fingerprint density at radius 1 is 1.37 bits per heavy atom. The second-order valence-electron chi connectivity index (χ2n) is 6.14. The number of carbonyl (C=O) groups excluding carboxylic acids is 1. The highest BCUT2D eigenvalue weighted by atomic mass is 32.2. The molecule has 1 saturated heterocycles. The summed E-state index contributed by atoms with van der Waals surface area (Å²) in [5.41, 5.74) is -6.17. The molecule has 0 atom stereocenters. The maximum absolute atomic E-state index is 14.9. The molecule has 0 aromatic heterocycles. The van der Waals surface area contributed by atoms with E-state index in [2.05, 4.69) is 0 Å². The minimum atomic E-state index is -6.42. The number of hydrogen-bond donors (Lipinski definition) is 1. The SMILES string of the molecule is [2H]c1c(F)c([2H])c(N([2H])C(=O)C([2H])([2H])[2H])c([2H])c1N1CCN(CCCC([2H])([2H])N(C([2H])([2H])[2H])S(=O)(=O)C([2H])([2H])C([2H])(C([2H])([2H])[2H])C([2H])([2H])[2H])CC1. The third kappa shape index (κ3) is 7.85. The van der Waals surface area contributed by atoms with E-state index in [1.54, 1.807) is 4.90 Å². The van der Waals surface area contributed by atoms with E-state index in [0.29, 0.717) is 0 Å². The van der Waals surface area contributed by atoms with Crippen molar-refractivity contribution in [2.45, 2.75) is 33.4 Å². The molecule has 1 heterocycles. The highest BCUT2D eigenvalue weighted by Gasteiger charge is 2.20. The number of benzene rings is 1. The molecule has 1 amide bonds. The first-order chi connectivity index (χ1) is 22.5. The lowest BCUT2D eigenvalue weighted by Crippen LogP contribution is -2.46. The van der Waals surface area contributed by atoms with E-state index in [1.807, 2.05) is 0 Å². The van der Waals surface area contributed by atoms with Gasteiger partial charge >= 0.3 is 0 Å². The number of anilines is 2. The Morgan fingerprint density at radius 2 is 2.13 bits per heavy atom. The fourth-order valence-corrected chi connectivity index (χ4v) is 3.28. The minimum absolute atomic E-state index is 0.0304. The molecule has 30 heavy (non-hydrogen) atoms. The summed E-state index contributed by atoms with van der Waals surface area (Å²) in [7, 11) is -6.42.